The SMILES string of the molecule is Cc1cccc(C(=O)N2CC3CCC(N)C3C2)c1F.Cl. The Bertz CT molecular complexity index is 523. The van der Waals surface area contributed by atoms with Crippen LogP contribution in [-0.4, -0.2) is 29.9 Å². The normalized spacial score (nSPS) is 28.1. The van der Waals surface area contributed by atoms with Crippen molar-refractivity contribution in [3.05, 3.63) is 35.1 Å². The maximum atomic E-state index is 14.0. The summed E-state index contributed by atoms with van der Waals surface area (Å²) in [5, 5.41) is 0. The Kier molecular flexibility index (Phi) is 4.35. The quantitative estimate of drug-likeness (QED) is 0.865. The first-order chi connectivity index (χ1) is 9.08. The van der Waals surface area contributed by atoms with Crippen LogP contribution in [0.1, 0.15) is 28.8 Å². The highest BCUT2D eigenvalue weighted by atomic mass is 35.5. The Morgan fingerprint density at radius 2 is 2.10 bits per heavy atom. The van der Waals surface area contributed by atoms with Crippen LogP contribution in [0.15, 0.2) is 18.2 Å². The third-order valence-electron chi connectivity index (χ3n) is 4.62. The van der Waals surface area contributed by atoms with E-state index in [9.17, 15) is 9.18 Å². The summed E-state index contributed by atoms with van der Waals surface area (Å²) in [7, 11) is 0. The number of fused-ring (bicyclic) bond motifs is 1. The molecule has 0 aromatic heterocycles. The second kappa shape index (κ2) is 5.70. The van der Waals surface area contributed by atoms with E-state index in [-0.39, 0.29) is 29.9 Å². The number of carbonyl (C=O) groups is 1. The number of carbonyl (C=O) groups excluding carboxylic acids is 1. The van der Waals surface area contributed by atoms with E-state index in [2.05, 4.69) is 0 Å². The molecule has 2 fully saturated rings. The van der Waals surface area contributed by atoms with Crippen LogP contribution in [0.4, 0.5) is 4.39 Å². The number of nitrogens with two attached hydrogens (primary N) is 1. The highest BCUT2D eigenvalue weighted by Crippen LogP contribution is 2.37. The van der Waals surface area contributed by atoms with Crippen molar-refractivity contribution in [2.24, 2.45) is 17.6 Å². The average Bonchev–Trinajstić information content (AvgIpc) is 2.95. The summed E-state index contributed by atoms with van der Waals surface area (Å²) in [6, 6.07) is 5.18. The molecule has 1 aliphatic carbocycles. The van der Waals surface area contributed by atoms with Crippen LogP contribution in [0.2, 0.25) is 0 Å². The second-order valence-corrected chi connectivity index (χ2v) is 5.81. The molecular formula is C15H20ClFN2O. The van der Waals surface area contributed by atoms with E-state index in [1.807, 2.05) is 0 Å². The van der Waals surface area contributed by atoms with Gasteiger partial charge in [0.25, 0.3) is 5.91 Å². The lowest BCUT2D eigenvalue weighted by atomic mass is 9.98. The van der Waals surface area contributed by atoms with Gasteiger partial charge >= 0.3 is 0 Å². The number of nitrogens with zero attached hydrogens (tertiary/aromatic N) is 1. The van der Waals surface area contributed by atoms with Gasteiger partial charge in [-0.2, -0.15) is 0 Å². The standard InChI is InChI=1S/C15H19FN2O.ClH/c1-9-3-2-4-11(14(9)16)15(19)18-7-10-5-6-13(17)12(10)8-18;/h2-4,10,12-13H,5-8,17H2,1H3;1H. The first-order valence-corrected chi connectivity index (χ1v) is 6.88. The van der Waals surface area contributed by atoms with Crippen LogP contribution in [0.3, 0.4) is 0 Å². The zero-order chi connectivity index (χ0) is 13.6. The maximum Gasteiger partial charge on any atom is 0.256 e. The van der Waals surface area contributed by atoms with Crippen LogP contribution in [0.25, 0.3) is 0 Å². The minimum absolute atomic E-state index is 0. The maximum absolute atomic E-state index is 14.0. The summed E-state index contributed by atoms with van der Waals surface area (Å²) in [6.45, 7) is 3.09. The number of aryl methyl sites for hydroxylation is 1. The first kappa shape index (κ1) is 15.3. The van der Waals surface area contributed by atoms with Crippen molar-refractivity contribution in [3.8, 4) is 0 Å². The molecule has 20 heavy (non-hydrogen) atoms. The van der Waals surface area contributed by atoms with Crippen molar-refractivity contribution >= 4 is 18.3 Å². The van der Waals surface area contributed by atoms with Gasteiger partial charge in [-0.05, 0) is 43.2 Å². The number of halogens is 2. The molecular weight excluding hydrogens is 279 g/mol. The van der Waals surface area contributed by atoms with E-state index < -0.39 is 5.82 Å². The van der Waals surface area contributed by atoms with Gasteiger partial charge < -0.3 is 10.6 Å². The van der Waals surface area contributed by atoms with Gasteiger partial charge in [-0.15, -0.1) is 12.4 Å². The fourth-order valence-corrected chi connectivity index (χ4v) is 3.46. The van der Waals surface area contributed by atoms with Gasteiger partial charge in [0.05, 0.1) is 5.56 Å². The van der Waals surface area contributed by atoms with E-state index in [1.54, 1.807) is 30.0 Å². The molecule has 3 nitrogen and oxygen atoms in total. The molecule has 2 aliphatic rings. The Labute approximate surface area is 124 Å². The van der Waals surface area contributed by atoms with Crippen molar-refractivity contribution in [2.45, 2.75) is 25.8 Å². The molecule has 1 heterocycles. The van der Waals surface area contributed by atoms with Crippen molar-refractivity contribution in [1.82, 2.24) is 4.90 Å². The molecule has 2 N–H and O–H groups in total. The van der Waals surface area contributed by atoms with Gasteiger partial charge in [-0.1, -0.05) is 12.1 Å². The molecule has 1 amide bonds. The Morgan fingerprint density at radius 1 is 1.35 bits per heavy atom. The lowest BCUT2D eigenvalue weighted by Gasteiger charge is -2.19. The molecule has 0 radical (unpaired) electrons. The molecule has 5 heteroatoms. The number of benzene rings is 1. The molecule has 3 rings (SSSR count). The smallest absolute Gasteiger partial charge is 0.256 e. The first-order valence-electron chi connectivity index (χ1n) is 6.88. The van der Waals surface area contributed by atoms with Crippen LogP contribution in [-0.2, 0) is 0 Å². The van der Waals surface area contributed by atoms with Crippen LogP contribution in [0.5, 0.6) is 0 Å². The monoisotopic (exact) mass is 298 g/mol. The molecule has 3 atom stereocenters. The van der Waals surface area contributed by atoms with Gasteiger partial charge in [0.1, 0.15) is 5.82 Å². The molecule has 1 aromatic rings. The highest BCUT2D eigenvalue weighted by Gasteiger charge is 2.42. The van der Waals surface area contributed by atoms with Gasteiger partial charge in [0, 0.05) is 19.1 Å². The summed E-state index contributed by atoms with van der Waals surface area (Å²) in [4.78, 5) is 14.2. The van der Waals surface area contributed by atoms with Crippen molar-refractivity contribution in [1.29, 1.82) is 0 Å². The second-order valence-electron chi connectivity index (χ2n) is 5.81. The Hall–Kier alpha value is -1.13. The molecule has 110 valence electrons. The molecule has 0 bridgehead atoms. The largest absolute Gasteiger partial charge is 0.338 e. The fourth-order valence-electron chi connectivity index (χ4n) is 3.46. The minimum atomic E-state index is -0.395. The number of rotatable bonds is 1. The van der Waals surface area contributed by atoms with E-state index in [1.165, 1.54) is 0 Å². The summed E-state index contributed by atoms with van der Waals surface area (Å²) in [5.74, 6) is 0.320. The predicted molar refractivity (Wildman–Crippen MR) is 78.5 cm³/mol. The van der Waals surface area contributed by atoms with Crippen molar-refractivity contribution in [3.63, 3.8) is 0 Å². The van der Waals surface area contributed by atoms with Crippen LogP contribution < -0.4 is 5.73 Å². The summed E-state index contributed by atoms with van der Waals surface area (Å²) in [5.41, 5.74) is 6.77. The van der Waals surface area contributed by atoms with Gasteiger partial charge in [-0.3, -0.25) is 4.79 Å². The van der Waals surface area contributed by atoms with Crippen LogP contribution >= 0.6 is 12.4 Å². The average molecular weight is 299 g/mol. The molecule has 1 saturated heterocycles. The number of likely N-dealkylation sites (tertiary alicyclic amines) is 1. The Balaban J connectivity index is 0.00000147. The highest BCUT2D eigenvalue weighted by molar-refractivity contribution is 5.95. The zero-order valence-corrected chi connectivity index (χ0v) is 12.3. The summed E-state index contributed by atoms with van der Waals surface area (Å²) in [6.07, 6.45) is 2.14. The lowest BCUT2D eigenvalue weighted by molar-refractivity contribution is 0.0774. The summed E-state index contributed by atoms with van der Waals surface area (Å²) < 4.78 is 14.0. The summed E-state index contributed by atoms with van der Waals surface area (Å²) >= 11 is 0. The Morgan fingerprint density at radius 3 is 2.80 bits per heavy atom. The van der Waals surface area contributed by atoms with E-state index in [0.29, 0.717) is 23.9 Å². The molecule has 1 aliphatic heterocycles. The van der Waals surface area contributed by atoms with Crippen molar-refractivity contribution in [2.75, 3.05) is 13.1 Å². The molecule has 3 unspecified atom stereocenters. The van der Waals surface area contributed by atoms with Gasteiger partial charge in [-0.25, -0.2) is 4.39 Å². The molecule has 1 aromatic carbocycles. The fraction of sp³-hybridized carbons (Fsp3) is 0.533. The van der Waals surface area contributed by atoms with E-state index in [0.717, 1.165) is 19.4 Å². The van der Waals surface area contributed by atoms with Crippen molar-refractivity contribution < 1.29 is 9.18 Å². The molecule has 0 spiro atoms. The molecule has 1 saturated carbocycles. The van der Waals surface area contributed by atoms with Crippen LogP contribution in [0, 0.1) is 24.6 Å². The predicted octanol–water partition coefficient (Wildman–Crippen LogP) is 2.37. The van der Waals surface area contributed by atoms with E-state index >= 15 is 0 Å². The number of hydrogen-bond acceptors (Lipinski definition) is 2. The minimum Gasteiger partial charge on any atom is -0.338 e. The van der Waals surface area contributed by atoms with Gasteiger partial charge in [0.15, 0.2) is 0 Å². The number of hydrogen-bond donors (Lipinski definition) is 1. The topological polar surface area (TPSA) is 46.3 Å². The van der Waals surface area contributed by atoms with Gasteiger partial charge in [0.2, 0.25) is 0 Å². The number of amides is 1. The third-order valence-corrected chi connectivity index (χ3v) is 4.62. The van der Waals surface area contributed by atoms with E-state index in [4.69, 9.17) is 5.73 Å². The lowest BCUT2D eigenvalue weighted by Crippen LogP contribution is -2.34. The third kappa shape index (κ3) is 2.42. The zero-order valence-electron chi connectivity index (χ0n) is 11.5.